The maximum absolute atomic E-state index is 13.5. The number of benzene rings is 1. The van der Waals surface area contributed by atoms with E-state index in [2.05, 4.69) is 15.4 Å². The van der Waals surface area contributed by atoms with Crippen LogP contribution in [0.5, 0.6) is 0 Å². The SMILES string of the molecule is COC(=O)c1cc(F)cc(CNC(=S)NC(=O)OC(C)(C)C)c1. The number of nitrogens with one attached hydrogen (secondary N) is 2. The quantitative estimate of drug-likeness (QED) is 0.649. The van der Waals surface area contributed by atoms with Crippen LogP contribution in [0, 0.1) is 5.82 Å². The fourth-order valence-electron chi connectivity index (χ4n) is 1.61. The van der Waals surface area contributed by atoms with Gasteiger partial charge in [0.2, 0.25) is 0 Å². The molecule has 0 aliphatic heterocycles. The summed E-state index contributed by atoms with van der Waals surface area (Å²) >= 11 is 4.95. The zero-order chi connectivity index (χ0) is 17.6. The van der Waals surface area contributed by atoms with Crippen LogP contribution in [0.4, 0.5) is 9.18 Å². The molecule has 2 N–H and O–H groups in total. The molecule has 0 aromatic heterocycles. The maximum atomic E-state index is 13.5. The number of hydrogen-bond donors (Lipinski definition) is 2. The van der Waals surface area contributed by atoms with Crippen molar-refractivity contribution in [1.82, 2.24) is 10.6 Å². The first-order valence-electron chi connectivity index (χ1n) is 6.76. The number of amides is 1. The minimum atomic E-state index is -0.690. The first kappa shape index (κ1) is 18.8. The molecule has 0 bridgehead atoms. The minimum absolute atomic E-state index is 0.0307. The predicted molar refractivity (Wildman–Crippen MR) is 86.5 cm³/mol. The molecule has 0 saturated carbocycles. The summed E-state index contributed by atoms with van der Waals surface area (Å²) in [6.45, 7) is 5.30. The molecule has 1 aromatic rings. The number of esters is 1. The van der Waals surface area contributed by atoms with E-state index in [4.69, 9.17) is 17.0 Å². The van der Waals surface area contributed by atoms with Crippen LogP contribution in [-0.2, 0) is 16.0 Å². The van der Waals surface area contributed by atoms with Gasteiger partial charge in [0.25, 0.3) is 0 Å². The van der Waals surface area contributed by atoms with Gasteiger partial charge in [-0.15, -0.1) is 0 Å². The summed E-state index contributed by atoms with van der Waals surface area (Å²) in [5.74, 6) is -1.21. The largest absolute Gasteiger partial charge is 0.465 e. The van der Waals surface area contributed by atoms with Crippen LogP contribution >= 0.6 is 12.2 Å². The number of halogens is 1. The Hall–Kier alpha value is -2.22. The van der Waals surface area contributed by atoms with Crippen LogP contribution in [0.1, 0.15) is 36.7 Å². The fourth-order valence-corrected chi connectivity index (χ4v) is 1.77. The lowest BCUT2D eigenvalue weighted by Crippen LogP contribution is -2.41. The number of thiocarbonyl (C=S) groups is 1. The van der Waals surface area contributed by atoms with Crippen molar-refractivity contribution < 1.29 is 23.5 Å². The number of methoxy groups -OCH3 is 1. The van der Waals surface area contributed by atoms with Crippen molar-refractivity contribution in [2.75, 3.05) is 7.11 Å². The van der Waals surface area contributed by atoms with Crippen molar-refractivity contribution in [2.45, 2.75) is 32.9 Å². The van der Waals surface area contributed by atoms with Crippen LogP contribution in [0.2, 0.25) is 0 Å². The molecule has 6 nitrogen and oxygen atoms in total. The summed E-state index contributed by atoms with van der Waals surface area (Å²) in [6.07, 6.45) is -0.690. The molecule has 0 atom stereocenters. The molecular formula is C15H19FN2O4S. The highest BCUT2D eigenvalue weighted by molar-refractivity contribution is 7.80. The van der Waals surface area contributed by atoms with Gasteiger partial charge in [0.15, 0.2) is 5.11 Å². The number of carbonyl (C=O) groups excluding carboxylic acids is 2. The van der Waals surface area contributed by atoms with Gasteiger partial charge in [0, 0.05) is 6.54 Å². The van der Waals surface area contributed by atoms with E-state index in [0.717, 1.165) is 6.07 Å². The Morgan fingerprint density at radius 3 is 2.48 bits per heavy atom. The van der Waals surface area contributed by atoms with Crippen molar-refractivity contribution in [2.24, 2.45) is 0 Å². The third-order valence-electron chi connectivity index (χ3n) is 2.45. The van der Waals surface area contributed by atoms with E-state index in [9.17, 15) is 14.0 Å². The summed E-state index contributed by atoms with van der Waals surface area (Å²) in [4.78, 5) is 23.0. The molecule has 8 heteroatoms. The highest BCUT2D eigenvalue weighted by Crippen LogP contribution is 2.10. The highest BCUT2D eigenvalue weighted by Gasteiger charge is 2.17. The molecular weight excluding hydrogens is 323 g/mol. The summed E-state index contributed by atoms with van der Waals surface area (Å²) in [6, 6.07) is 3.79. The second kappa shape index (κ2) is 7.87. The van der Waals surface area contributed by atoms with Gasteiger partial charge in [-0.2, -0.15) is 0 Å². The number of alkyl carbamates (subject to hydrolysis) is 1. The molecule has 23 heavy (non-hydrogen) atoms. The van der Waals surface area contributed by atoms with Gasteiger partial charge in [-0.05, 0) is 56.8 Å². The molecule has 0 spiro atoms. The molecule has 0 saturated heterocycles. The monoisotopic (exact) mass is 342 g/mol. The zero-order valence-corrected chi connectivity index (χ0v) is 14.2. The van der Waals surface area contributed by atoms with E-state index in [-0.39, 0.29) is 17.2 Å². The molecule has 0 aliphatic rings. The van der Waals surface area contributed by atoms with Crippen molar-refractivity contribution in [3.8, 4) is 0 Å². The Bertz CT molecular complexity index is 614. The van der Waals surface area contributed by atoms with Crippen LogP contribution in [0.15, 0.2) is 18.2 Å². The first-order valence-corrected chi connectivity index (χ1v) is 7.17. The van der Waals surface area contributed by atoms with Crippen molar-refractivity contribution in [3.05, 3.63) is 35.1 Å². The maximum Gasteiger partial charge on any atom is 0.413 e. The summed E-state index contributed by atoms with van der Waals surface area (Å²) in [5, 5.41) is 5.10. The van der Waals surface area contributed by atoms with E-state index in [1.54, 1.807) is 20.8 Å². The lowest BCUT2D eigenvalue weighted by atomic mass is 10.1. The third-order valence-corrected chi connectivity index (χ3v) is 2.69. The van der Waals surface area contributed by atoms with Gasteiger partial charge in [0.05, 0.1) is 12.7 Å². The second-order valence-electron chi connectivity index (χ2n) is 5.65. The van der Waals surface area contributed by atoms with Crippen molar-refractivity contribution >= 4 is 29.4 Å². The van der Waals surface area contributed by atoms with Crippen LogP contribution < -0.4 is 10.6 Å². The van der Waals surface area contributed by atoms with Gasteiger partial charge in [-0.3, -0.25) is 5.32 Å². The number of rotatable bonds is 3. The van der Waals surface area contributed by atoms with Crippen molar-refractivity contribution in [3.63, 3.8) is 0 Å². The Kier molecular flexibility index (Phi) is 6.44. The van der Waals surface area contributed by atoms with E-state index in [1.165, 1.54) is 19.2 Å². The number of ether oxygens (including phenoxy) is 2. The van der Waals surface area contributed by atoms with Gasteiger partial charge < -0.3 is 14.8 Å². The van der Waals surface area contributed by atoms with Gasteiger partial charge in [-0.25, -0.2) is 14.0 Å². The van der Waals surface area contributed by atoms with Gasteiger partial charge >= 0.3 is 12.1 Å². The third kappa shape index (κ3) is 7.05. The minimum Gasteiger partial charge on any atom is -0.465 e. The van der Waals surface area contributed by atoms with Crippen LogP contribution in [0.25, 0.3) is 0 Å². The Balaban J connectivity index is 2.61. The van der Waals surface area contributed by atoms with E-state index in [1.807, 2.05) is 0 Å². The van der Waals surface area contributed by atoms with Gasteiger partial charge in [-0.1, -0.05) is 0 Å². The van der Waals surface area contributed by atoms with Crippen LogP contribution in [-0.4, -0.2) is 29.9 Å². The molecule has 0 heterocycles. The molecule has 0 unspecified atom stereocenters. The topological polar surface area (TPSA) is 76.7 Å². The van der Waals surface area contributed by atoms with Crippen LogP contribution in [0.3, 0.4) is 0 Å². The van der Waals surface area contributed by atoms with E-state index >= 15 is 0 Å². The molecule has 126 valence electrons. The molecule has 0 radical (unpaired) electrons. The fraction of sp³-hybridized carbons (Fsp3) is 0.400. The number of carbonyl (C=O) groups is 2. The lowest BCUT2D eigenvalue weighted by Gasteiger charge is -2.20. The highest BCUT2D eigenvalue weighted by atomic mass is 32.1. The molecule has 1 amide bonds. The average Bonchev–Trinajstić information content (AvgIpc) is 2.41. The Morgan fingerprint density at radius 1 is 1.26 bits per heavy atom. The summed E-state index contributed by atoms with van der Waals surface area (Å²) in [5.41, 5.74) is -0.0773. The Labute approximate surface area is 139 Å². The Morgan fingerprint density at radius 2 is 1.91 bits per heavy atom. The summed E-state index contributed by atoms with van der Waals surface area (Å²) in [7, 11) is 1.21. The lowest BCUT2D eigenvalue weighted by molar-refractivity contribution is 0.0560. The van der Waals surface area contributed by atoms with Gasteiger partial charge in [0.1, 0.15) is 11.4 Å². The first-order chi connectivity index (χ1) is 10.6. The van der Waals surface area contributed by atoms with E-state index in [0.29, 0.717) is 5.56 Å². The smallest absolute Gasteiger partial charge is 0.413 e. The summed E-state index contributed by atoms with van der Waals surface area (Å²) < 4.78 is 23.1. The molecule has 1 rings (SSSR count). The normalized spacial score (nSPS) is 10.7. The van der Waals surface area contributed by atoms with E-state index < -0.39 is 23.5 Å². The second-order valence-corrected chi connectivity index (χ2v) is 6.06. The standard InChI is InChI=1S/C15H19FN2O4S/c1-15(2,3)22-14(20)18-13(23)17-8-9-5-10(12(19)21-4)7-11(16)6-9/h5-7H,8H2,1-4H3,(H2,17,18,20,23). The zero-order valence-electron chi connectivity index (χ0n) is 13.4. The predicted octanol–water partition coefficient (Wildman–Crippen LogP) is 2.51. The average molecular weight is 342 g/mol. The van der Waals surface area contributed by atoms with Crippen molar-refractivity contribution in [1.29, 1.82) is 0 Å². The molecule has 1 aromatic carbocycles. The number of hydrogen-bond acceptors (Lipinski definition) is 5. The molecule has 0 aliphatic carbocycles. The molecule has 0 fully saturated rings.